The summed E-state index contributed by atoms with van der Waals surface area (Å²) in [6.07, 6.45) is 49.0. The van der Waals surface area contributed by atoms with E-state index in [0.717, 1.165) is 103 Å². The van der Waals surface area contributed by atoms with Crippen LogP contribution in [0.2, 0.25) is 0 Å². The molecular weight excluding hydrogens is 1090 g/mol. The maximum atomic E-state index is 6.89. The van der Waals surface area contributed by atoms with Gasteiger partial charge in [0, 0.05) is 22.3 Å². The SMILES string of the molecule is CCCCCCCCCCCCCCCCCCCCOc1c(-c2ccccc2)cc(N=C(C)c2cccc(C(C)=Nc3cc(-c4ccccc4)c(OCCCCCCCCCCCCCCCCCCCC)c(-c4ccccc4)c3)n2)cc1-c1ccccc1. The average Bonchev–Trinajstić information content (AvgIpc) is 0.963. The molecule has 0 radical (unpaired) electrons. The molecule has 5 nitrogen and oxygen atoms in total. The normalized spacial score (nSPS) is 11.8. The second-order valence-electron chi connectivity index (χ2n) is 25.7. The Morgan fingerprint density at radius 3 is 0.733 bits per heavy atom. The van der Waals surface area contributed by atoms with Gasteiger partial charge in [-0.05, 0) is 85.3 Å². The van der Waals surface area contributed by atoms with Crippen molar-refractivity contribution in [1.82, 2.24) is 4.98 Å². The van der Waals surface area contributed by atoms with Crippen LogP contribution >= 0.6 is 0 Å². The average molecular weight is 1210 g/mol. The Morgan fingerprint density at radius 1 is 0.278 bits per heavy atom. The summed E-state index contributed by atoms with van der Waals surface area (Å²) in [5.41, 5.74) is 13.6. The van der Waals surface area contributed by atoms with E-state index in [1.54, 1.807) is 0 Å². The maximum absolute atomic E-state index is 6.89. The highest BCUT2D eigenvalue weighted by atomic mass is 16.5. The van der Waals surface area contributed by atoms with Crippen LogP contribution in [0.3, 0.4) is 0 Å². The number of benzene rings is 6. The number of nitrogens with zero attached hydrogens (tertiary/aromatic N) is 3. The first-order valence-electron chi connectivity index (χ1n) is 36.4. The molecule has 0 amide bonds. The zero-order valence-corrected chi connectivity index (χ0v) is 56.6. The molecule has 1 heterocycles. The molecular formula is C85H115N3O2. The van der Waals surface area contributed by atoms with Crippen molar-refractivity contribution in [2.24, 2.45) is 9.98 Å². The summed E-state index contributed by atoms with van der Waals surface area (Å²) in [6, 6.07) is 57.5. The lowest BCUT2D eigenvalue weighted by Gasteiger charge is -2.18. The molecule has 0 saturated heterocycles. The fourth-order valence-corrected chi connectivity index (χ4v) is 12.7. The molecule has 0 aliphatic carbocycles. The van der Waals surface area contributed by atoms with Gasteiger partial charge in [-0.1, -0.05) is 360 Å². The molecule has 90 heavy (non-hydrogen) atoms. The lowest BCUT2D eigenvalue weighted by Crippen LogP contribution is -2.05. The third-order valence-corrected chi connectivity index (χ3v) is 18.1. The van der Waals surface area contributed by atoms with Crippen molar-refractivity contribution >= 4 is 22.8 Å². The smallest absolute Gasteiger partial charge is 0.135 e. The molecule has 0 unspecified atom stereocenters. The zero-order valence-electron chi connectivity index (χ0n) is 56.6. The first-order valence-corrected chi connectivity index (χ1v) is 36.4. The number of unbranched alkanes of at least 4 members (excludes halogenated alkanes) is 34. The number of rotatable bonds is 48. The van der Waals surface area contributed by atoms with Gasteiger partial charge in [0.1, 0.15) is 11.5 Å². The topological polar surface area (TPSA) is 56.1 Å². The van der Waals surface area contributed by atoms with Crippen molar-refractivity contribution < 1.29 is 9.47 Å². The van der Waals surface area contributed by atoms with Crippen LogP contribution in [-0.4, -0.2) is 29.6 Å². The van der Waals surface area contributed by atoms with Crippen LogP contribution in [0, 0.1) is 0 Å². The van der Waals surface area contributed by atoms with Crippen LogP contribution in [0.4, 0.5) is 11.4 Å². The Hall–Kier alpha value is -6.59. The van der Waals surface area contributed by atoms with Crippen LogP contribution in [0.15, 0.2) is 174 Å². The zero-order chi connectivity index (χ0) is 62.7. The van der Waals surface area contributed by atoms with Crippen molar-refractivity contribution in [1.29, 1.82) is 0 Å². The summed E-state index contributed by atoms with van der Waals surface area (Å²) in [6.45, 7) is 10.1. The molecule has 0 aliphatic heterocycles. The number of aromatic nitrogens is 1. The van der Waals surface area contributed by atoms with Crippen molar-refractivity contribution in [2.75, 3.05) is 13.2 Å². The van der Waals surface area contributed by atoms with Gasteiger partial charge < -0.3 is 9.47 Å². The number of aliphatic imine (C=N–C) groups is 2. The second kappa shape index (κ2) is 44.0. The monoisotopic (exact) mass is 1210 g/mol. The molecule has 0 fully saturated rings. The molecule has 482 valence electrons. The Kier molecular flexibility index (Phi) is 34.6. The van der Waals surface area contributed by atoms with E-state index in [-0.39, 0.29) is 0 Å². The van der Waals surface area contributed by atoms with Gasteiger partial charge in [0.25, 0.3) is 0 Å². The molecule has 0 atom stereocenters. The van der Waals surface area contributed by atoms with E-state index < -0.39 is 0 Å². The molecule has 7 rings (SSSR count). The largest absolute Gasteiger partial charge is 0.492 e. The standard InChI is InChI=1S/C85H115N3O2/c1-5-7-9-11-13-15-17-19-21-23-25-27-29-31-33-35-37-51-64-89-84-78(72-54-43-39-44-55-72)66-76(67-79(84)73-56-45-40-46-57-73)86-70(3)82-62-53-63-83(88-82)71(4)87-77-68-80(74-58-47-41-48-59-74)85(81(69-77)75-60-49-42-50-61-75)90-65-52-38-36-34-32-30-28-26-24-22-20-18-16-14-12-10-8-6-2/h39-50,53-63,66-69H,5-38,51-52,64-65H2,1-4H3. The summed E-state index contributed by atoms with van der Waals surface area (Å²) in [4.78, 5) is 15.9. The first kappa shape index (κ1) is 70.9. The molecule has 1 aromatic heterocycles. The van der Waals surface area contributed by atoms with Crippen LogP contribution < -0.4 is 9.47 Å². The molecule has 7 aromatic rings. The van der Waals surface area contributed by atoms with Crippen LogP contribution in [0.5, 0.6) is 11.5 Å². The lowest BCUT2D eigenvalue weighted by atomic mass is 9.96. The van der Waals surface area contributed by atoms with Gasteiger partial charge >= 0.3 is 0 Å². The number of ether oxygens (including phenoxy) is 2. The van der Waals surface area contributed by atoms with Crippen LogP contribution in [0.25, 0.3) is 44.5 Å². The Labute approximate surface area is 547 Å². The number of hydrogen-bond acceptors (Lipinski definition) is 5. The number of pyridine rings is 1. The summed E-state index contributed by atoms with van der Waals surface area (Å²) >= 11 is 0. The molecule has 5 heteroatoms. The van der Waals surface area contributed by atoms with Gasteiger partial charge in [0.05, 0.1) is 47.4 Å². The quantitative estimate of drug-likeness (QED) is 0.0282. The van der Waals surface area contributed by atoms with Gasteiger partial charge in [0.2, 0.25) is 0 Å². The van der Waals surface area contributed by atoms with Gasteiger partial charge in [-0.25, -0.2) is 4.98 Å². The molecule has 0 bridgehead atoms. The minimum Gasteiger partial charge on any atom is -0.492 e. The fourth-order valence-electron chi connectivity index (χ4n) is 12.7. The van der Waals surface area contributed by atoms with Gasteiger partial charge in [-0.3, -0.25) is 9.98 Å². The number of hydrogen-bond donors (Lipinski definition) is 0. The molecule has 0 aliphatic rings. The predicted octanol–water partition coefficient (Wildman–Crippen LogP) is 26.9. The molecule has 0 N–H and O–H groups in total. The Balaban J connectivity index is 0.971. The first-order chi connectivity index (χ1) is 44.5. The minimum absolute atomic E-state index is 0.677. The summed E-state index contributed by atoms with van der Waals surface area (Å²) < 4.78 is 13.8. The molecule has 0 spiro atoms. The highest BCUT2D eigenvalue weighted by molar-refractivity contribution is 6.03. The summed E-state index contributed by atoms with van der Waals surface area (Å²) in [5, 5.41) is 0. The summed E-state index contributed by atoms with van der Waals surface area (Å²) in [7, 11) is 0. The van der Waals surface area contributed by atoms with E-state index in [1.165, 1.54) is 218 Å². The third-order valence-electron chi connectivity index (χ3n) is 18.1. The van der Waals surface area contributed by atoms with Crippen molar-refractivity contribution in [3.8, 4) is 56.0 Å². The molecule has 0 saturated carbocycles. The minimum atomic E-state index is 0.677. The summed E-state index contributed by atoms with van der Waals surface area (Å²) in [5.74, 6) is 1.82. The van der Waals surface area contributed by atoms with Gasteiger partial charge in [-0.15, -0.1) is 0 Å². The predicted molar refractivity (Wildman–Crippen MR) is 391 cm³/mol. The van der Waals surface area contributed by atoms with Crippen LogP contribution in [0.1, 0.15) is 270 Å². The third kappa shape index (κ3) is 26.3. The van der Waals surface area contributed by atoms with E-state index in [1.807, 2.05) is 0 Å². The van der Waals surface area contributed by atoms with Crippen LogP contribution in [-0.2, 0) is 0 Å². The van der Waals surface area contributed by atoms with Crippen molar-refractivity contribution in [3.05, 3.63) is 175 Å². The second-order valence-corrected chi connectivity index (χ2v) is 25.7. The van der Waals surface area contributed by atoms with Gasteiger partial charge in [-0.2, -0.15) is 0 Å². The van der Waals surface area contributed by atoms with E-state index in [2.05, 4.69) is 191 Å². The Morgan fingerprint density at radius 2 is 0.500 bits per heavy atom. The lowest BCUT2D eigenvalue weighted by molar-refractivity contribution is 0.306. The van der Waals surface area contributed by atoms with Crippen molar-refractivity contribution in [3.63, 3.8) is 0 Å². The Bertz CT molecular complexity index is 2730. The van der Waals surface area contributed by atoms with E-state index in [4.69, 9.17) is 24.4 Å². The maximum Gasteiger partial charge on any atom is 0.135 e. The van der Waals surface area contributed by atoms with Crippen molar-refractivity contribution in [2.45, 2.75) is 259 Å². The van der Waals surface area contributed by atoms with E-state index >= 15 is 0 Å². The highest BCUT2D eigenvalue weighted by Crippen LogP contribution is 2.45. The van der Waals surface area contributed by atoms with E-state index in [0.29, 0.717) is 13.2 Å². The van der Waals surface area contributed by atoms with Gasteiger partial charge in [0.15, 0.2) is 0 Å². The van der Waals surface area contributed by atoms with E-state index in [9.17, 15) is 0 Å². The fraction of sp³-hybridized carbons (Fsp3) is 0.494. The highest BCUT2D eigenvalue weighted by Gasteiger charge is 2.19. The molecule has 6 aromatic carbocycles.